The highest BCUT2D eigenvalue weighted by atomic mass is 16.3. The maximum Gasteiger partial charge on any atom is 0.360 e. The third kappa shape index (κ3) is 3.67. The first-order valence-corrected chi connectivity index (χ1v) is 8.50. The highest BCUT2D eigenvalue weighted by molar-refractivity contribution is 5.69. The molecular weight excluding hydrogens is 304 g/mol. The van der Waals surface area contributed by atoms with E-state index < -0.39 is 0 Å². The molecule has 0 amide bonds. The quantitative estimate of drug-likeness (QED) is 0.391. The molecule has 0 aliphatic heterocycles. The van der Waals surface area contributed by atoms with Crippen LogP contribution in [0, 0.1) is 0 Å². The van der Waals surface area contributed by atoms with Gasteiger partial charge >= 0.3 is 11.5 Å². The average molecular weight is 323 g/mol. The van der Waals surface area contributed by atoms with Crippen molar-refractivity contribution in [3.8, 4) is 22.5 Å². The fraction of sp³-hybridized carbons (Fsp3) is 0.0417. The van der Waals surface area contributed by atoms with Gasteiger partial charge in [0.05, 0.1) is 18.1 Å². The predicted molar refractivity (Wildman–Crippen MR) is 103 cm³/mol. The van der Waals surface area contributed by atoms with E-state index >= 15 is 0 Å². The molecule has 1 heterocycles. The molecule has 0 atom stereocenters. The van der Waals surface area contributed by atoms with E-state index in [1.54, 1.807) is 0 Å². The van der Waals surface area contributed by atoms with E-state index in [0.29, 0.717) is 0 Å². The Balaban J connectivity index is 1.80. The van der Waals surface area contributed by atoms with Gasteiger partial charge in [0, 0.05) is 11.6 Å². The molecule has 1 nitrogen and oxygen atoms in total. The second-order valence-electron chi connectivity index (χ2n) is 6.07. The van der Waals surface area contributed by atoms with E-state index in [1.165, 1.54) is 16.7 Å². The standard InChI is InChI=1S/C24H19O/c1-4-10-19(11-5-1)16-23-17-22(20-12-6-2-7-13-20)18-24(25-23)21-14-8-3-9-15-21/h1-15,17-18H,16H2/q+1. The summed E-state index contributed by atoms with van der Waals surface area (Å²) in [6, 6.07) is 35.4. The summed E-state index contributed by atoms with van der Waals surface area (Å²) in [5, 5.41) is 0. The Kier molecular flexibility index (Phi) is 4.38. The van der Waals surface area contributed by atoms with Crippen molar-refractivity contribution in [1.82, 2.24) is 0 Å². The fourth-order valence-electron chi connectivity index (χ4n) is 2.98. The molecule has 1 heteroatoms. The zero-order valence-electron chi connectivity index (χ0n) is 13.9. The second-order valence-corrected chi connectivity index (χ2v) is 6.07. The van der Waals surface area contributed by atoms with Crippen molar-refractivity contribution >= 4 is 0 Å². The van der Waals surface area contributed by atoms with Crippen LogP contribution in [0.15, 0.2) is 108 Å². The summed E-state index contributed by atoms with van der Waals surface area (Å²) >= 11 is 0. The van der Waals surface area contributed by atoms with E-state index in [4.69, 9.17) is 4.42 Å². The summed E-state index contributed by atoms with van der Waals surface area (Å²) in [5.74, 6) is 1.86. The first kappa shape index (κ1) is 15.3. The highest BCUT2D eigenvalue weighted by Crippen LogP contribution is 2.29. The minimum atomic E-state index is 0.779. The molecule has 0 saturated carbocycles. The summed E-state index contributed by atoms with van der Waals surface area (Å²) in [4.78, 5) is 0. The molecule has 0 saturated heterocycles. The normalized spacial score (nSPS) is 10.6. The second kappa shape index (κ2) is 7.14. The van der Waals surface area contributed by atoms with Crippen LogP contribution in [0.5, 0.6) is 0 Å². The predicted octanol–water partition coefficient (Wildman–Crippen LogP) is 6.49. The Labute approximate surface area is 148 Å². The largest absolute Gasteiger partial charge is 0.360 e. The maximum absolute atomic E-state index is 6.23. The van der Waals surface area contributed by atoms with Crippen molar-refractivity contribution in [2.45, 2.75) is 6.42 Å². The van der Waals surface area contributed by atoms with Crippen molar-refractivity contribution in [3.63, 3.8) is 0 Å². The van der Waals surface area contributed by atoms with Crippen molar-refractivity contribution in [2.24, 2.45) is 0 Å². The van der Waals surface area contributed by atoms with E-state index in [9.17, 15) is 0 Å². The van der Waals surface area contributed by atoms with Gasteiger partial charge in [0.15, 0.2) is 0 Å². The van der Waals surface area contributed by atoms with Gasteiger partial charge in [-0.25, -0.2) is 4.42 Å². The van der Waals surface area contributed by atoms with E-state index in [1.807, 2.05) is 30.3 Å². The lowest BCUT2D eigenvalue weighted by molar-refractivity contribution is 0.518. The molecule has 1 aromatic heterocycles. The molecule has 4 rings (SSSR count). The van der Waals surface area contributed by atoms with Gasteiger partial charge in [-0.2, -0.15) is 0 Å². The molecule has 0 fully saturated rings. The van der Waals surface area contributed by atoms with E-state index in [2.05, 4.69) is 72.8 Å². The van der Waals surface area contributed by atoms with Crippen LogP contribution in [0.3, 0.4) is 0 Å². The number of hydrogen-bond donors (Lipinski definition) is 0. The molecular formula is C24H19O+. The molecule has 0 spiro atoms. The smallest absolute Gasteiger partial charge is 0.212 e. The lowest BCUT2D eigenvalue weighted by atomic mass is 10.0. The third-order valence-electron chi connectivity index (χ3n) is 4.23. The first-order valence-electron chi connectivity index (χ1n) is 8.50. The van der Waals surface area contributed by atoms with Crippen LogP contribution >= 0.6 is 0 Å². The zero-order chi connectivity index (χ0) is 16.9. The van der Waals surface area contributed by atoms with Gasteiger partial charge in [0.1, 0.15) is 0 Å². The molecule has 0 N–H and O–H groups in total. The lowest BCUT2D eigenvalue weighted by Gasteiger charge is -2.02. The van der Waals surface area contributed by atoms with Gasteiger partial charge in [0.25, 0.3) is 0 Å². The lowest BCUT2D eigenvalue weighted by Crippen LogP contribution is -1.91. The highest BCUT2D eigenvalue weighted by Gasteiger charge is 2.19. The topological polar surface area (TPSA) is 11.3 Å². The van der Waals surface area contributed by atoms with Gasteiger partial charge in [-0.05, 0) is 23.3 Å². The van der Waals surface area contributed by atoms with Crippen LogP contribution in [-0.2, 0) is 6.42 Å². The molecule has 0 aliphatic rings. The van der Waals surface area contributed by atoms with Gasteiger partial charge in [-0.15, -0.1) is 0 Å². The Morgan fingerprint density at radius 1 is 0.520 bits per heavy atom. The van der Waals surface area contributed by atoms with Crippen molar-refractivity contribution < 1.29 is 4.42 Å². The summed E-state index contributed by atoms with van der Waals surface area (Å²) in [6.07, 6.45) is 0.779. The molecule has 25 heavy (non-hydrogen) atoms. The van der Waals surface area contributed by atoms with Crippen LogP contribution in [0.2, 0.25) is 0 Å². The number of rotatable bonds is 4. The van der Waals surface area contributed by atoms with E-state index in [-0.39, 0.29) is 0 Å². The minimum absolute atomic E-state index is 0.779. The molecule has 4 aromatic rings. The Morgan fingerprint density at radius 2 is 1.08 bits per heavy atom. The first-order chi connectivity index (χ1) is 12.4. The molecule has 0 bridgehead atoms. The molecule has 3 aromatic carbocycles. The van der Waals surface area contributed by atoms with Crippen LogP contribution < -0.4 is 0 Å². The van der Waals surface area contributed by atoms with Crippen molar-refractivity contribution in [3.05, 3.63) is 114 Å². The summed E-state index contributed by atoms with van der Waals surface area (Å²) in [6.45, 7) is 0. The summed E-state index contributed by atoms with van der Waals surface area (Å²) in [5.41, 5.74) is 4.71. The third-order valence-corrected chi connectivity index (χ3v) is 4.23. The number of benzene rings is 3. The fourth-order valence-corrected chi connectivity index (χ4v) is 2.98. The summed E-state index contributed by atoms with van der Waals surface area (Å²) in [7, 11) is 0. The van der Waals surface area contributed by atoms with E-state index in [0.717, 1.165) is 23.5 Å². The monoisotopic (exact) mass is 323 g/mol. The molecule has 0 aliphatic carbocycles. The zero-order valence-corrected chi connectivity index (χ0v) is 13.9. The van der Waals surface area contributed by atoms with Crippen LogP contribution in [0.1, 0.15) is 11.3 Å². The molecule has 120 valence electrons. The maximum atomic E-state index is 6.23. The van der Waals surface area contributed by atoms with Crippen LogP contribution in [-0.4, -0.2) is 0 Å². The molecule has 0 radical (unpaired) electrons. The van der Waals surface area contributed by atoms with Gasteiger partial charge in [0.2, 0.25) is 0 Å². The van der Waals surface area contributed by atoms with Gasteiger partial charge in [-0.1, -0.05) is 78.9 Å². The Bertz CT molecular complexity index is 887. The van der Waals surface area contributed by atoms with Gasteiger partial charge < -0.3 is 0 Å². The van der Waals surface area contributed by atoms with Crippen molar-refractivity contribution in [1.29, 1.82) is 0 Å². The Morgan fingerprint density at radius 3 is 1.72 bits per heavy atom. The SMILES string of the molecule is c1ccc(Cc2cc(-c3ccccc3)cc(-c3ccccc3)[o+]2)cc1. The minimum Gasteiger partial charge on any atom is -0.212 e. The Hall–Kier alpha value is -3.19. The van der Waals surface area contributed by atoms with Crippen molar-refractivity contribution in [2.75, 3.05) is 0 Å². The molecule has 0 unspecified atom stereocenters. The van der Waals surface area contributed by atoms with Gasteiger partial charge in [-0.3, -0.25) is 0 Å². The van der Waals surface area contributed by atoms with Crippen LogP contribution in [0.4, 0.5) is 0 Å². The summed E-state index contributed by atoms with van der Waals surface area (Å²) < 4.78 is 6.23. The van der Waals surface area contributed by atoms with Crippen LogP contribution in [0.25, 0.3) is 22.5 Å². The average Bonchev–Trinajstić information content (AvgIpc) is 2.70. The number of hydrogen-bond acceptors (Lipinski definition) is 0.